The van der Waals surface area contributed by atoms with E-state index in [0.29, 0.717) is 32.0 Å². The first-order chi connectivity index (χ1) is 14.3. The molecule has 0 aliphatic carbocycles. The Labute approximate surface area is 175 Å². The fourth-order valence-corrected chi connectivity index (χ4v) is 4.54. The van der Waals surface area contributed by atoms with Crippen LogP contribution in [-0.4, -0.2) is 53.1 Å². The van der Waals surface area contributed by atoms with Gasteiger partial charge in [-0.25, -0.2) is 4.98 Å². The van der Waals surface area contributed by atoms with Crippen molar-refractivity contribution in [2.45, 2.75) is 22.7 Å². The first-order valence-corrected chi connectivity index (χ1v) is 10.3. The third-order valence-electron chi connectivity index (χ3n) is 5.10. The van der Waals surface area contributed by atoms with Crippen molar-refractivity contribution in [1.29, 1.82) is 0 Å². The van der Waals surface area contributed by atoms with E-state index in [9.17, 15) is 22.8 Å². The average molecular weight is 436 g/mol. The van der Waals surface area contributed by atoms with Gasteiger partial charge in [-0.1, -0.05) is 12.1 Å². The summed E-state index contributed by atoms with van der Waals surface area (Å²) in [6.07, 6.45) is -3.49. The summed E-state index contributed by atoms with van der Waals surface area (Å²) in [6, 6.07) is 9.82. The van der Waals surface area contributed by atoms with Crippen molar-refractivity contribution in [3.63, 3.8) is 0 Å². The SMILES string of the molecule is O=C1Nc2ccccc2S[C@@H]1CC(=O)N1CCN(c2ccc(C(F)(F)F)cn2)CC1. The average Bonchev–Trinajstić information content (AvgIpc) is 2.74. The number of aromatic nitrogens is 1. The topological polar surface area (TPSA) is 65.5 Å². The van der Waals surface area contributed by atoms with Crippen LogP contribution in [0.2, 0.25) is 0 Å². The van der Waals surface area contributed by atoms with Crippen LogP contribution in [0, 0.1) is 0 Å². The minimum absolute atomic E-state index is 0.101. The number of nitrogens with one attached hydrogen (secondary N) is 1. The Morgan fingerprint density at radius 3 is 2.53 bits per heavy atom. The number of alkyl halides is 3. The molecule has 0 radical (unpaired) electrons. The summed E-state index contributed by atoms with van der Waals surface area (Å²) in [5.74, 6) is 0.163. The molecule has 0 unspecified atom stereocenters. The minimum atomic E-state index is -4.42. The Hall–Kier alpha value is -2.75. The molecule has 2 aliphatic rings. The van der Waals surface area contributed by atoms with Gasteiger partial charge in [-0.05, 0) is 24.3 Å². The summed E-state index contributed by atoms with van der Waals surface area (Å²) in [6.45, 7) is 1.79. The standard InChI is InChI=1S/C20H19F3N4O2S/c21-20(22,23)13-5-6-17(24-12-13)26-7-9-27(10-8-26)18(28)11-16-19(29)25-14-3-1-2-4-15(14)30-16/h1-6,12,16H,7-11H2,(H,25,29)/t16-/m1/s1. The zero-order valence-electron chi connectivity index (χ0n) is 15.9. The van der Waals surface area contributed by atoms with Gasteiger partial charge in [0.1, 0.15) is 5.82 Å². The van der Waals surface area contributed by atoms with E-state index < -0.39 is 17.0 Å². The third-order valence-corrected chi connectivity index (χ3v) is 6.37. The minimum Gasteiger partial charge on any atom is -0.353 e. The van der Waals surface area contributed by atoms with Crippen molar-refractivity contribution in [1.82, 2.24) is 9.88 Å². The van der Waals surface area contributed by atoms with Crippen molar-refractivity contribution >= 4 is 35.1 Å². The quantitative estimate of drug-likeness (QED) is 0.800. The highest BCUT2D eigenvalue weighted by Gasteiger charge is 2.33. The highest BCUT2D eigenvalue weighted by molar-refractivity contribution is 8.01. The molecule has 158 valence electrons. The van der Waals surface area contributed by atoms with Crippen LogP contribution in [0.5, 0.6) is 0 Å². The highest BCUT2D eigenvalue weighted by Crippen LogP contribution is 2.37. The molecular formula is C20H19F3N4O2S. The van der Waals surface area contributed by atoms with Crippen LogP contribution < -0.4 is 10.2 Å². The van der Waals surface area contributed by atoms with Crippen molar-refractivity contribution in [3.8, 4) is 0 Å². The number of rotatable bonds is 3. The van der Waals surface area contributed by atoms with Crippen LogP contribution in [0.4, 0.5) is 24.7 Å². The molecule has 10 heteroatoms. The lowest BCUT2D eigenvalue weighted by molar-refractivity contribution is -0.137. The molecule has 3 heterocycles. The van der Waals surface area contributed by atoms with E-state index in [1.807, 2.05) is 29.2 Å². The summed E-state index contributed by atoms with van der Waals surface area (Å²) < 4.78 is 38.0. The molecule has 1 N–H and O–H groups in total. The molecular weight excluding hydrogens is 417 g/mol. The van der Waals surface area contributed by atoms with Gasteiger partial charge < -0.3 is 15.1 Å². The molecule has 4 rings (SSSR count). The second kappa shape index (κ2) is 8.17. The van der Waals surface area contributed by atoms with Crippen molar-refractivity contribution in [2.75, 3.05) is 36.4 Å². The maximum atomic E-state index is 12.7. The number of nitrogens with zero attached hydrogens (tertiary/aromatic N) is 3. The molecule has 0 spiro atoms. The number of piperazine rings is 1. The molecule has 0 bridgehead atoms. The number of benzene rings is 1. The van der Waals surface area contributed by atoms with E-state index in [1.165, 1.54) is 17.8 Å². The van der Waals surface area contributed by atoms with E-state index in [-0.39, 0.29) is 18.2 Å². The number of pyridine rings is 1. The number of halogens is 3. The van der Waals surface area contributed by atoms with Gasteiger partial charge in [0.05, 0.1) is 16.5 Å². The number of thioether (sulfide) groups is 1. The first kappa shape index (κ1) is 20.5. The van der Waals surface area contributed by atoms with E-state index in [2.05, 4.69) is 10.3 Å². The maximum absolute atomic E-state index is 12.7. The predicted molar refractivity (Wildman–Crippen MR) is 107 cm³/mol. The van der Waals surface area contributed by atoms with Gasteiger partial charge in [-0.3, -0.25) is 9.59 Å². The van der Waals surface area contributed by atoms with Gasteiger partial charge in [0.15, 0.2) is 0 Å². The fourth-order valence-electron chi connectivity index (χ4n) is 3.44. The number of para-hydroxylation sites is 1. The summed E-state index contributed by atoms with van der Waals surface area (Å²) in [7, 11) is 0. The highest BCUT2D eigenvalue weighted by atomic mass is 32.2. The van der Waals surface area contributed by atoms with Crippen LogP contribution >= 0.6 is 11.8 Å². The monoisotopic (exact) mass is 436 g/mol. The number of fused-ring (bicyclic) bond motifs is 1. The number of hydrogen-bond acceptors (Lipinski definition) is 5. The molecule has 1 fully saturated rings. The second-order valence-electron chi connectivity index (χ2n) is 7.07. The van der Waals surface area contributed by atoms with Crippen LogP contribution in [0.3, 0.4) is 0 Å². The first-order valence-electron chi connectivity index (χ1n) is 9.44. The van der Waals surface area contributed by atoms with Gasteiger partial charge in [-0.2, -0.15) is 13.2 Å². The smallest absolute Gasteiger partial charge is 0.353 e. The molecule has 1 aromatic heterocycles. The van der Waals surface area contributed by atoms with Gasteiger partial charge in [-0.15, -0.1) is 11.8 Å². The molecule has 1 aromatic carbocycles. The molecule has 0 saturated carbocycles. The number of amides is 2. The van der Waals surface area contributed by atoms with E-state index >= 15 is 0 Å². The molecule has 6 nitrogen and oxygen atoms in total. The summed E-state index contributed by atoms with van der Waals surface area (Å²) in [5.41, 5.74) is -0.0289. The number of carbonyl (C=O) groups is 2. The lowest BCUT2D eigenvalue weighted by Crippen LogP contribution is -2.50. The second-order valence-corrected chi connectivity index (χ2v) is 8.31. The summed E-state index contributed by atoms with van der Waals surface area (Å²) >= 11 is 1.39. The van der Waals surface area contributed by atoms with Gasteiger partial charge in [0.25, 0.3) is 0 Å². The molecule has 2 amide bonds. The molecule has 1 atom stereocenters. The van der Waals surface area contributed by atoms with Crippen molar-refractivity contribution in [2.24, 2.45) is 0 Å². The number of anilines is 2. The largest absolute Gasteiger partial charge is 0.417 e. The van der Waals surface area contributed by atoms with E-state index in [4.69, 9.17) is 0 Å². The normalized spacial score (nSPS) is 19.3. The van der Waals surface area contributed by atoms with Crippen molar-refractivity contribution < 1.29 is 22.8 Å². The molecule has 2 aliphatic heterocycles. The third kappa shape index (κ3) is 4.38. The van der Waals surface area contributed by atoms with Crippen molar-refractivity contribution in [3.05, 3.63) is 48.2 Å². The Balaban J connectivity index is 1.32. The molecule has 30 heavy (non-hydrogen) atoms. The summed E-state index contributed by atoms with van der Waals surface area (Å²) in [5, 5.41) is 2.35. The maximum Gasteiger partial charge on any atom is 0.417 e. The van der Waals surface area contributed by atoms with Crippen LogP contribution in [0.25, 0.3) is 0 Å². The Kier molecular flexibility index (Phi) is 5.59. The van der Waals surface area contributed by atoms with E-state index in [1.54, 1.807) is 4.90 Å². The zero-order valence-corrected chi connectivity index (χ0v) is 16.7. The molecule has 2 aromatic rings. The summed E-state index contributed by atoms with van der Waals surface area (Å²) in [4.78, 5) is 33.4. The number of carbonyl (C=O) groups excluding carboxylic acids is 2. The fraction of sp³-hybridized carbons (Fsp3) is 0.350. The molecule has 1 saturated heterocycles. The van der Waals surface area contributed by atoms with Gasteiger partial charge >= 0.3 is 6.18 Å². The Morgan fingerprint density at radius 1 is 1.13 bits per heavy atom. The Morgan fingerprint density at radius 2 is 1.87 bits per heavy atom. The number of hydrogen-bond donors (Lipinski definition) is 1. The van der Waals surface area contributed by atoms with E-state index in [0.717, 1.165) is 22.8 Å². The lowest BCUT2D eigenvalue weighted by Gasteiger charge is -2.36. The van der Waals surface area contributed by atoms with Crippen LogP contribution in [0.15, 0.2) is 47.5 Å². The zero-order chi connectivity index (χ0) is 21.3. The van der Waals surface area contributed by atoms with Gasteiger partial charge in [0.2, 0.25) is 11.8 Å². The van der Waals surface area contributed by atoms with Crippen LogP contribution in [0.1, 0.15) is 12.0 Å². The van der Waals surface area contributed by atoms with Gasteiger partial charge in [0, 0.05) is 43.7 Å². The Bertz CT molecular complexity index is 944. The lowest BCUT2D eigenvalue weighted by atomic mass is 10.2. The predicted octanol–water partition coefficient (Wildman–Crippen LogP) is 3.25. The van der Waals surface area contributed by atoms with Crippen LogP contribution in [-0.2, 0) is 15.8 Å².